The summed E-state index contributed by atoms with van der Waals surface area (Å²) in [6, 6.07) is 4.51. The summed E-state index contributed by atoms with van der Waals surface area (Å²) in [5.74, 6) is -0.762. The van der Waals surface area contributed by atoms with Gasteiger partial charge in [0.2, 0.25) is 5.91 Å². The summed E-state index contributed by atoms with van der Waals surface area (Å²) in [7, 11) is 1.65. The van der Waals surface area contributed by atoms with E-state index in [4.69, 9.17) is 10.00 Å². The van der Waals surface area contributed by atoms with Gasteiger partial charge in [-0.1, -0.05) is 0 Å². The summed E-state index contributed by atoms with van der Waals surface area (Å²) in [4.78, 5) is 16.3. The summed E-state index contributed by atoms with van der Waals surface area (Å²) in [5, 5.41) is 12.1. The first-order chi connectivity index (χ1) is 15.5. The Kier molecular flexibility index (Phi) is 9.24. The Balaban J connectivity index is 1.35. The van der Waals surface area contributed by atoms with Gasteiger partial charge < -0.3 is 15.0 Å². The lowest BCUT2D eigenvalue weighted by molar-refractivity contribution is -0.122. The summed E-state index contributed by atoms with van der Waals surface area (Å²) in [5.41, 5.74) is -0.197. The molecular formula is C24H34F2N4O2. The van der Waals surface area contributed by atoms with Crippen LogP contribution in [-0.4, -0.2) is 63.3 Å². The molecule has 1 aliphatic heterocycles. The van der Waals surface area contributed by atoms with Crippen LogP contribution in [0.4, 0.5) is 14.5 Å². The van der Waals surface area contributed by atoms with E-state index in [9.17, 15) is 13.6 Å². The summed E-state index contributed by atoms with van der Waals surface area (Å²) < 4.78 is 33.0. The van der Waals surface area contributed by atoms with E-state index < -0.39 is 17.2 Å². The zero-order valence-electron chi connectivity index (χ0n) is 18.9. The van der Waals surface area contributed by atoms with Crippen molar-refractivity contribution >= 4 is 11.6 Å². The minimum Gasteiger partial charge on any atom is -0.385 e. The molecule has 0 spiro atoms. The van der Waals surface area contributed by atoms with Gasteiger partial charge in [0.15, 0.2) is 5.82 Å². The van der Waals surface area contributed by atoms with Crippen LogP contribution in [0.1, 0.15) is 50.5 Å². The Morgan fingerprint density at radius 3 is 2.56 bits per heavy atom. The third kappa shape index (κ3) is 6.63. The smallest absolute Gasteiger partial charge is 0.220 e. The van der Waals surface area contributed by atoms with Crippen molar-refractivity contribution < 1.29 is 18.3 Å². The topological polar surface area (TPSA) is 68.6 Å². The van der Waals surface area contributed by atoms with Crippen molar-refractivity contribution in [2.24, 2.45) is 5.92 Å². The lowest BCUT2D eigenvalue weighted by Gasteiger charge is -2.37. The maximum Gasteiger partial charge on any atom is 0.220 e. The maximum absolute atomic E-state index is 14.4. The first-order valence-electron chi connectivity index (χ1n) is 11.7. The maximum atomic E-state index is 14.4. The monoisotopic (exact) mass is 448 g/mol. The number of methoxy groups -OCH3 is 1. The van der Waals surface area contributed by atoms with E-state index in [1.54, 1.807) is 13.2 Å². The fourth-order valence-electron chi connectivity index (χ4n) is 4.74. The number of carbonyl (C=O) groups excluding carboxylic acids is 1. The first kappa shape index (κ1) is 24.4. The van der Waals surface area contributed by atoms with Crippen LogP contribution in [0.3, 0.4) is 0 Å². The minimum atomic E-state index is -0.812. The fourth-order valence-corrected chi connectivity index (χ4v) is 4.74. The second kappa shape index (κ2) is 12.1. The molecule has 1 saturated carbocycles. The highest BCUT2D eigenvalue weighted by molar-refractivity contribution is 5.76. The highest BCUT2D eigenvalue weighted by Crippen LogP contribution is 2.28. The predicted molar refractivity (Wildman–Crippen MR) is 119 cm³/mol. The predicted octanol–water partition coefficient (Wildman–Crippen LogP) is 3.45. The number of halogens is 2. The largest absolute Gasteiger partial charge is 0.385 e. The van der Waals surface area contributed by atoms with E-state index >= 15 is 0 Å². The van der Waals surface area contributed by atoms with Crippen LogP contribution in [0.5, 0.6) is 0 Å². The Hall–Kier alpha value is -2.24. The van der Waals surface area contributed by atoms with Crippen LogP contribution in [-0.2, 0) is 9.53 Å². The van der Waals surface area contributed by atoms with Gasteiger partial charge in [-0.2, -0.15) is 5.26 Å². The van der Waals surface area contributed by atoms with E-state index in [0.29, 0.717) is 43.8 Å². The number of rotatable bonds is 9. The lowest BCUT2D eigenvalue weighted by atomic mass is 9.84. The quantitative estimate of drug-likeness (QED) is 0.586. The molecule has 1 aliphatic carbocycles. The number of benzene rings is 1. The zero-order valence-corrected chi connectivity index (χ0v) is 18.9. The molecule has 2 fully saturated rings. The van der Waals surface area contributed by atoms with Gasteiger partial charge >= 0.3 is 0 Å². The molecule has 0 unspecified atom stereocenters. The van der Waals surface area contributed by atoms with Crippen molar-refractivity contribution in [1.29, 1.82) is 5.26 Å². The molecule has 176 valence electrons. The lowest BCUT2D eigenvalue weighted by Crippen LogP contribution is -2.47. The molecule has 0 atom stereocenters. The molecule has 1 amide bonds. The van der Waals surface area contributed by atoms with Gasteiger partial charge in [-0.3, -0.25) is 9.69 Å². The number of carbonyl (C=O) groups is 1. The van der Waals surface area contributed by atoms with Gasteiger partial charge in [-0.15, -0.1) is 0 Å². The van der Waals surface area contributed by atoms with Crippen LogP contribution in [0.25, 0.3) is 0 Å². The Morgan fingerprint density at radius 2 is 1.91 bits per heavy atom. The fraction of sp³-hybridized carbons (Fsp3) is 0.667. The highest BCUT2D eigenvalue weighted by atomic mass is 19.1. The van der Waals surface area contributed by atoms with Crippen molar-refractivity contribution in [1.82, 2.24) is 10.2 Å². The van der Waals surface area contributed by atoms with Gasteiger partial charge in [0.25, 0.3) is 0 Å². The van der Waals surface area contributed by atoms with Crippen LogP contribution >= 0.6 is 0 Å². The Labute approximate surface area is 189 Å². The second-order valence-corrected chi connectivity index (χ2v) is 8.87. The van der Waals surface area contributed by atoms with E-state index in [1.807, 2.05) is 4.90 Å². The second-order valence-electron chi connectivity index (χ2n) is 8.87. The molecule has 1 heterocycles. The third-order valence-corrected chi connectivity index (χ3v) is 6.71. The first-order valence-corrected chi connectivity index (χ1v) is 11.7. The van der Waals surface area contributed by atoms with Crippen LogP contribution in [0.2, 0.25) is 0 Å². The number of piperazine rings is 1. The van der Waals surface area contributed by atoms with Crippen molar-refractivity contribution in [2.45, 2.75) is 51.0 Å². The molecular weight excluding hydrogens is 414 g/mol. The summed E-state index contributed by atoms with van der Waals surface area (Å²) >= 11 is 0. The number of amides is 1. The van der Waals surface area contributed by atoms with Crippen molar-refractivity contribution in [3.05, 3.63) is 29.3 Å². The molecule has 0 bridgehead atoms. The zero-order chi connectivity index (χ0) is 22.9. The number of anilines is 1. The number of nitriles is 1. The van der Waals surface area contributed by atoms with Crippen molar-refractivity contribution in [2.75, 3.05) is 51.3 Å². The van der Waals surface area contributed by atoms with E-state index in [-0.39, 0.29) is 5.91 Å². The number of hydrogen-bond acceptors (Lipinski definition) is 5. The highest BCUT2D eigenvalue weighted by Gasteiger charge is 2.25. The van der Waals surface area contributed by atoms with E-state index in [1.165, 1.54) is 12.1 Å². The molecule has 1 N–H and O–H groups in total. The molecule has 2 aliphatic rings. The van der Waals surface area contributed by atoms with E-state index in [0.717, 1.165) is 58.2 Å². The van der Waals surface area contributed by atoms with Gasteiger partial charge in [-0.25, -0.2) is 8.78 Å². The normalized spacial score (nSPS) is 21.9. The van der Waals surface area contributed by atoms with Gasteiger partial charge in [0.1, 0.15) is 17.4 Å². The molecule has 0 aromatic heterocycles. The van der Waals surface area contributed by atoms with Crippen molar-refractivity contribution in [3.8, 4) is 6.07 Å². The average molecular weight is 449 g/mol. The number of nitrogens with zero attached hydrogens (tertiary/aromatic N) is 3. The van der Waals surface area contributed by atoms with Crippen LogP contribution in [0.15, 0.2) is 12.1 Å². The molecule has 1 aromatic carbocycles. The average Bonchev–Trinajstić information content (AvgIpc) is 2.80. The molecule has 1 saturated heterocycles. The summed E-state index contributed by atoms with van der Waals surface area (Å²) in [6.45, 7) is 4.61. The Morgan fingerprint density at radius 1 is 1.19 bits per heavy atom. The molecule has 0 radical (unpaired) electrons. The number of nitrogens with one attached hydrogen (secondary N) is 1. The van der Waals surface area contributed by atoms with E-state index in [2.05, 4.69) is 10.2 Å². The van der Waals surface area contributed by atoms with Gasteiger partial charge in [0.05, 0.1) is 5.69 Å². The van der Waals surface area contributed by atoms with Crippen LogP contribution in [0, 0.1) is 28.9 Å². The number of hydrogen-bond donors (Lipinski definition) is 1. The van der Waals surface area contributed by atoms with Crippen LogP contribution < -0.4 is 10.2 Å². The Bertz CT molecular complexity index is 798. The number of ether oxygens (including phenoxy) is 1. The van der Waals surface area contributed by atoms with Crippen molar-refractivity contribution in [3.63, 3.8) is 0 Å². The van der Waals surface area contributed by atoms with Gasteiger partial charge in [0, 0.05) is 52.4 Å². The minimum absolute atomic E-state index is 0.128. The van der Waals surface area contributed by atoms with Gasteiger partial charge in [-0.05, 0) is 63.1 Å². The standard InChI is InChI=1S/C24H34F2N4O2/c1-32-16-2-3-23(31)28-19-6-4-18(5-7-19)10-11-29-12-14-30(15-13-29)22-9-8-21(25)20(17-27)24(22)26/h8-9,18-19H,2-7,10-16H2,1H3,(H,28,31)/t18-,19-. The third-order valence-electron chi connectivity index (χ3n) is 6.71. The molecule has 32 heavy (non-hydrogen) atoms. The SMILES string of the molecule is COCCCC(=O)N[C@H]1CC[C@H](CCN2CCN(c3ccc(F)c(C#N)c3F)CC2)CC1. The molecule has 3 rings (SSSR count). The molecule has 1 aromatic rings. The molecule has 8 heteroatoms. The summed E-state index contributed by atoms with van der Waals surface area (Å²) in [6.07, 6.45) is 6.79. The molecule has 6 nitrogen and oxygen atoms in total.